The van der Waals surface area contributed by atoms with E-state index in [0.717, 1.165) is 12.0 Å². The third-order valence-corrected chi connectivity index (χ3v) is 2.16. The van der Waals surface area contributed by atoms with Gasteiger partial charge in [-0.2, -0.15) is 0 Å². The first-order valence-electron chi connectivity index (χ1n) is 4.57. The van der Waals surface area contributed by atoms with Crippen LogP contribution in [0.15, 0.2) is 18.2 Å². The van der Waals surface area contributed by atoms with E-state index in [4.69, 9.17) is 0 Å². The number of benzene rings is 1. The Morgan fingerprint density at radius 1 is 1.31 bits per heavy atom. The molecule has 0 atom stereocenters. The molecule has 1 aromatic carbocycles. The van der Waals surface area contributed by atoms with Gasteiger partial charge in [-0.3, -0.25) is 0 Å². The fraction of sp³-hybridized carbons (Fsp3) is 0.417. The number of phenolic OH excluding ortho intramolecular Hbond substituents is 1. The zero-order valence-corrected chi connectivity index (χ0v) is 8.59. The van der Waals surface area contributed by atoms with Crippen LogP contribution in [0.1, 0.15) is 31.9 Å². The molecular weight excluding hydrogens is 160 g/mol. The molecule has 0 heterocycles. The minimum atomic E-state index is -0.00470. The van der Waals surface area contributed by atoms with E-state index >= 15 is 0 Å². The van der Waals surface area contributed by atoms with Gasteiger partial charge < -0.3 is 5.11 Å². The van der Waals surface area contributed by atoms with Gasteiger partial charge in [-0.05, 0) is 36.0 Å². The van der Waals surface area contributed by atoms with E-state index in [1.54, 1.807) is 6.07 Å². The maximum absolute atomic E-state index is 9.65. The van der Waals surface area contributed by atoms with Gasteiger partial charge in [-0.25, -0.2) is 0 Å². The van der Waals surface area contributed by atoms with Gasteiger partial charge in [0.1, 0.15) is 5.75 Å². The number of aromatic hydroxyl groups is 1. The number of hydrogen-bond acceptors (Lipinski definition) is 1. The van der Waals surface area contributed by atoms with E-state index in [9.17, 15) is 5.11 Å². The molecule has 13 heavy (non-hydrogen) atoms. The summed E-state index contributed by atoms with van der Waals surface area (Å²) in [4.78, 5) is 0. The summed E-state index contributed by atoms with van der Waals surface area (Å²) in [6.45, 7) is 10.1. The minimum Gasteiger partial charge on any atom is -0.508 e. The Balaban J connectivity index is 3.19. The van der Waals surface area contributed by atoms with Crippen molar-refractivity contribution in [2.75, 3.05) is 0 Å². The van der Waals surface area contributed by atoms with Crippen LogP contribution in [-0.4, -0.2) is 5.11 Å². The molecule has 0 spiro atoms. The molecule has 0 saturated carbocycles. The standard InChI is InChI=1S/C12H17O/c1-5-9-6-7-11(13)10(8-9)12(2,3)4/h6-8,13H,1,5H2,2-4H3. The zero-order valence-electron chi connectivity index (χ0n) is 8.59. The molecule has 1 heteroatoms. The maximum Gasteiger partial charge on any atom is 0.119 e. The molecule has 0 aliphatic rings. The average Bonchev–Trinajstić information content (AvgIpc) is 2.03. The van der Waals surface area contributed by atoms with E-state index in [-0.39, 0.29) is 5.41 Å². The lowest BCUT2D eigenvalue weighted by Gasteiger charge is -2.21. The highest BCUT2D eigenvalue weighted by atomic mass is 16.3. The number of phenols is 1. The second kappa shape index (κ2) is 3.41. The lowest BCUT2D eigenvalue weighted by molar-refractivity contribution is 0.446. The van der Waals surface area contributed by atoms with E-state index in [2.05, 4.69) is 27.7 Å². The van der Waals surface area contributed by atoms with Crippen LogP contribution in [0.5, 0.6) is 5.75 Å². The summed E-state index contributed by atoms with van der Waals surface area (Å²) in [6.07, 6.45) is 0.767. The minimum absolute atomic E-state index is 0.00470. The molecule has 0 aromatic heterocycles. The van der Waals surface area contributed by atoms with Gasteiger partial charge in [0, 0.05) is 0 Å². The molecular formula is C12H17O. The van der Waals surface area contributed by atoms with Crippen LogP contribution in [0.25, 0.3) is 0 Å². The summed E-state index contributed by atoms with van der Waals surface area (Å²) in [7, 11) is 0. The molecule has 1 rings (SSSR count). The van der Waals surface area contributed by atoms with Crippen molar-refractivity contribution >= 4 is 0 Å². The van der Waals surface area contributed by atoms with Crippen molar-refractivity contribution in [3.63, 3.8) is 0 Å². The molecule has 1 N–H and O–H groups in total. The maximum atomic E-state index is 9.65. The van der Waals surface area contributed by atoms with Crippen molar-refractivity contribution in [2.45, 2.75) is 32.6 Å². The monoisotopic (exact) mass is 177 g/mol. The lowest BCUT2D eigenvalue weighted by atomic mass is 9.85. The van der Waals surface area contributed by atoms with Crippen LogP contribution in [-0.2, 0) is 11.8 Å². The molecule has 0 saturated heterocycles. The SMILES string of the molecule is [CH2]Cc1ccc(O)c(C(C)(C)C)c1. The summed E-state index contributed by atoms with van der Waals surface area (Å²) in [5, 5.41) is 9.65. The van der Waals surface area contributed by atoms with Crippen molar-refractivity contribution in [3.05, 3.63) is 36.2 Å². The second-order valence-corrected chi connectivity index (χ2v) is 4.35. The Morgan fingerprint density at radius 3 is 2.38 bits per heavy atom. The fourth-order valence-corrected chi connectivity index (χ4v) is 1.34. The largest absolute Gasteiger partial charge is 0.508 e. The first-order chi connectivity index (χ1) is 5.95. The van der Waals surface area contributed by atoms with Gasteiger partial charge in [0.2, 0.25) is 0 Å². The van der Waals surface area contributed by atoms with Crippen LogP contribution in [0.2, 0.25) is 0 Å². The lowest BCUT2D eigenvalue weighted by Crippen LogP contribution is -2.11. The first-order valence-corrected chi connectivity index (χ1v) is 4.57. The predicted octanol–water partition coefficient (Wildman–Crippen LogP) is 3.07. The highest BCUT2D eigenvalue weighted by Gasteiger charge is 2.17. The van der Waals surface area contributed by atoms with Crippen molar-refractivity contribution in [3.8, 4) is 5.75 Å². The van der Waals surface area contributed by atoms with Crippen molar-refractivity contribution in [1.82, 2.24) is 0 Å². The Labute approximate surface area is 80.4 Å². The number of rotatable bonds is 1. The zero-order chi connectivity index (χ0) is 10.1. The summed E-state index contributed by atoms with van der Waals surface area (Å²) in [6, 6.07) is 5.70. The van der Waals surface area contributed by atoms with Gasteiger partial charge in [0.25, 0.3) is 0 Å². The fourth-order valence-electron chi connectivity index (χ4n) is 1.34. The van der Waals surface area contributed by atoms with E-state index in [1.807, 2.05) is 12.1 Å². The Kier molecular flexibility index (Phi) is 2.65. The van der Waals surface area contributed by atoms with Gasteiger partial charge >= 0.3 is 0 Å². The topological polar surface area (TPSA) is 20.2 Å². The summed E-state index contributed by atoms with van der Waals surface area (Å²) in [5.74, 6) is 0.379. The number of hydrogen-bond donors (Lipinski definition) is 1. The third-order valence-electron chi connectivity index (χ3n) is 2.16. The van der Waals surface area contributed by atoms with E-state index < -0.39 is 0 Å². The molecule has 1 aromatic rings. The van der Waals surface area contributed by atoms with Gasteiger partial charge in [0.15, 0.2) is 0 Å². The second-order valence-electron chi connectivity index (χ2n) is 4.35. The molecule has 1 radical (unpaired) electrons. The summed E-state index contributed by atoms with van der Waals surface area (Å²) >= 11 is 0. The third kappa shape index (κ3) is 2.24. The Morgan fingerprint density at radius 2 is 1.92 bits per heavy atom. The summed E-state index contributed by atoms with van der Waals surface area (Å²) < 4.78 is 0. The Bertz CT molecular complexity index is 294. The van der Waals surface area contributed by atoms with Crippen molar-refractivity contribution in [1.29, 1.82) is 0 Å². The van der Waals surface area contributed by atoms with E-state index in [0.29, 0.717) is 5.75 Å². The molecule has 0 amide bonds. The van der Waals surface area contributed by atoms with Crippen molar-refractivity contribution < 1.29 is 5.11 Å². The first kappa shape index (κ1) is 10.1. The van der Waals surface area contributed by atoms with Gasteiger partial charge in [0.05, 0.1) is 0 Å². The molecule has 0 aliphatic heterocycles. The highest BCUT2D eigenvalue weighted by Crippen LogP contribution is 2.31. The quantitative estimate of drug-likeness (QED) is 0.699. The van der Waals surface area contributed by atoms with Crippen molar-refractivity contribution in [2.24, 2.45) is 0 Å². The summed E-state index contributed by atoms with van der Waals surface area (Å²) in [5.41, 5.74) is 2.16. The van der Waals surface area contributed by atoms with Crippen LogP contribution < -0.4 is 0 Å². The highest BCUT2D eigenvalue weighted by molar-refractivity contribution is 5.40. The Hall–Kier alpha value is -0.980. The molecule has 0 aliphatic carbocycles. The molecule has 0 fully saturated rings. The average molecular weight is 177 g/mol. The molecule has 71 valence electrons. The van der Waals surface area contributed by atoms with Crippen LogP contribution in [0, 0.1) is 6.92 Å². The molecule has 0 unspecified atom stereocenters. The predicted molar refractivity (Wildman–Crippen MR) is 55.9 cm³/mol. The van der Waals surface area contributed by atoms with E-state index in [1.165, 1.54) is 5.56 Å². The smallest absolute Gasteiger partial charge is 0.119 e. The normalized spacial score (nSPS) is 11.7. The van der Waals surface area contributed by atoms with Crippen LogP contribution >= 0.6 is 0 Å². The van der Waals surface area contributed by atoms with Gasteiger partial charge in [-0.1, -0.05) is 32.9 Å². The van der Waals surface area contributed by atoms with Crippen LogP contribution in [0.3, 0.4) is 0 Å². The van der Waals surface area contributed by atoms with Gasteiger partial charge in [-0.15, -0.1) is 0 Å². The van der Waals surface area contributed by atoms with Crippen LogP contribution in [0.4, 0.5) is 0 Å². The molecule has 1 nitrogen and oxygen atoms in total. The molecule has 0 bridgehead atoms.